The number of para-hydroxylation sites is 2. The van der Waals surface area contributed by atoms with Crippen molar-refractivity contribution >= 4 is 56.6 Å². The molecule has 3 aliphatic rings. The standard InChI is InChI=1S/C34H39BrClN3O5/c1-6-16-37(22-13-9-8-10-14-22)31(41)26-27-32(42)39(25(19-40)20(3)4)30(34(27)18-23(35)29(26)44-34)33(43)38(17-7-2)28-21(5)12-11-15-24(28)36/h6-15,20,23,25-27,29-30,40H,1-2,16-19H2,3-5H3/t23?,25-,26-,27-,29-,30?,34?/m0/s1. The first-order valence-electron chi connectivity index (χ1n) is 14.9. The minimum Gasteiger partial charge on any atom is -0.394 e. The van der Waals surface area contributed by atoms with Crippen LogP contribution in [0, 0.1) is 24.7 Å². The molecule has 10 heteroatoms. The van der Waals surface area contributed by atoms with Gasteiger partial charge in [0.2, 0.25) is 11.8 Å². The van der Waals surface area contributed by atoms with Gasteiger partial charge in [-0.05, 0) is 43.0 Å². The fourth-order valence-corrected chi connectivity index (χ4v) is 8.65. The number of ether oxygens (including phenoxy) is 1. The molecule has 2 aromatic rings. The highest BCUT2D eigenvalue weighted by Gasteiger charge is 2.77. The molecule has 3 fully saturated rings. The Kier molecular flexibility index (Phi) is 9.42. The highest BCUT2D eigenvalue weighted by atomic mass is 79.9. The zero-order chi connectivity index (χ0) is 31.9. The molecular formula is C34H39BrClN3O5. The second kappa shape index (κ2) is 12.8. The number of benzene rings is 2. The summed E-state index contributed by atoms with van der Waals surface area (Å²) < 4.78 is 6.76. The molecule has 3 amide bonds. The van der Waals surface area contributed by atoms with Crippen molar-refractivity contribution in [1.82, 2.24) is 4.90 Å². The van der Waals surface area contributed by atoms with E-state index in [1.807, 2.05) is 63.2 Å². The van der Waals surface area contributed by atoms with Gasteiger partial charge in [-0.25, -0.2) is 0 Å². The molecule has 3 unspecified atom stereocenters. The Morgan fingerprint density at radius 2 is 1.77 bits per heavy atom. The van der Waals surface area contributed by atoms with Gasteiger partial charge in [0, 0.05) is 23.6 Å². The Bertz CT molecular complexity index is 1430. The number of halogens is 2. The van der Waals surface area contributed by atoms with E-state index >= 15 is 0 Å². The average Bonchev–Trinajstić information content (AvgIpc) is 3.59. The molecule has 2 bridgehead atoms. The monoisotopic (exact) mass is 683 g/mol. The predicted octanol–water partition coefficient (Wildman–Crippen LogP) is 5.15. The molecule has 5 rings (SSSR count). The summed E-state index contributed by atoms with van der Waals surface area (Å²) >= 11 is 10.4. The van der Waals surface area contributed by atoms with Crippen LogP contribution in [0.5, 0.6) is 0 Å². The molecule has 3 saturated heterocycles. The van der Waals surface area contributed by atoms with Crippen LogP contribution in [0.1, 0.15) is 25.8 Å². The topological polar surface area (TPSA) is 90.4 Å². The number of anilines is 2. The Morgan fingerprint density at radius 3 is 2.36 bits per heavy atom. The van der Waals surface area contributed by atoms with E-state index in [0.29, 0.717) is 22.8 Å². The van der Waals surface area contributed by atoms with E-state index in [1.54, 1.807) is 28.0 Å². The number of nitrogens with zero attached hydrogens (tertiary/aromatic N) is 3. The second-order valence-corrected chi connectivity index (χ2v) is 13.7. The SMILES string of the molecule is C=CCN(C(=O)[C@H]1[C@H]2C(=O)N([C@@H](CO)C(C)C)C(C(=O)N(CC=C)c3c(C)cccc3Cl)C23CC(Br)[C@@H]1O3)c1ccccc1. The third kappa shape index (κ3) is 5.11. The number of hydrogen-bond donors (Lipinski definition) is 1. The lowest BCUT2D eigenvalue weighted by Gasteiger charge is -2.40. The van der Waals surface area contributed by atoms with Gasteiger partial charge in [-0.1, -0.05) is 83.9 Å². The fourth-order valence-electron chi connectivity index (χ4n) is 7.38. The lowest BCUT2D eigenvalue weighted by atomic mass is 9.70. The van der Waals surface area contributed by atoms with Crippen LogP contribution in [0.15, 0.2) is 73.8 Å². The van der Waals surface area contributed by atoms with Crippen molar-refractivity contribution in [2.24, 2.45) is 17.8 Å². The quantitative estimate of drug-likeness (QED) is 0.261. The van der Waals surface area contributed by atoms with Gasteiger partial charge in [0.15, 0.2) is 0 Å². The number of carbonyl (C=O) groups excluding carboxylic acids is 3. The number of carbonyl (C=O) groups is 3. The third-order valence-corrected chi connectivity index (χ3v) is 10.4. The van der Waals surface area contributed by atoms with Crippen LogP contribution in [0.2, 0.25) is 5.02 Å². The number of rotatable bonds is 11. The van der Waals surface area contributed by atoms with Crippen LogP contribution >= 0.6 is 27.5 Å². The van der Waals surface area contributed by atoms with Gasteiger partial charge in [-0.15, -0.1) is 13.2 Å². The first kappa shape index (κ1) is 32.4. The van der Waals surface area contributed by atoms with Crippen molar-refractivity contribution in [3.05, 3.63) is 84.4 Å². The molecule has 8 nitrogen and oxygen atoms in total. The first-order chi connectivity index (χ1) is 21.0. The number of alkyl halides is 1. The lowest BCUT2D eigenvalue weighted by Crippen LogP contribution is -2.60. The molecule has 44 heavy (non-hydrogen) atoms. The smallest absolute Gasteiger partial charge is 0.253 e. The summed E-state index contributed by atoms with van der Waals surface area (Å²) in [5.41, 5.74) is 0.678. The maximum atomic E-state index is 14.9. The predicted molar refractivity (Wildman–Crippen MR) is 176 cm³/mol. The van der Waals surface area contributed by atoms with Gasteiger partial charge >= 0.3 is 0 Å². The molecule has 0 radical (unpaired) electrons. The van der Waals surface area contributed by atoms with Gasteiger partial charge in [-0.3, -0.25) is 14.4 Å². The van der Waals surface area contributed by atoms with Crippen LogP contribution in [0.25, 0.3) is 0 Å². The van der Waals surface area contributed by atoms with E-state index in [-0.39, 0.29) is 42.3 Å². The summed E-state index contributed by atoms with van der Waals surface area (Å²) in [6, 6.07) is 12.9. The Labute approximate surface area is 272 Å². The van der Waals surface area contributed by atoms with Gasteiger partial charge in [0.05, 0.1) is 41.3 Å². The summed E-state index contributed by atoms with van der Waals surface area (Å²) in [6.45, 7) is 13.4. The molecule has 234 valence electrons. The maximum Gasteiger partial charge on any atom is 0.253 e. The summed E-state index contributed by atoms with van der Waals surface area (Å²) in [4.78, 5) is 48.5. The van der Waals surface area contributed by atoms with Gasteiger partial charge < -0.3 is 24.5 Å². The number of likely N-dealkylation sites (tertiary alicyclic amines) is 1. The molecule has 7 atom stereocenters. The van der Waals surface area contributed by atoms with E-state index in [1.165, 1.54) is 4.90 Å². The van der Waals surface area contributed by atoms with E-state index in [9.17, 15) is 19.5 Å². The van der Waals surface area contributed by atoms with Crippen molar-refractivity contribution in [2.75, 3.05) is 29.5 Å². The number of fused-ring (bicyclic) bond motifs is 1. The van der Waals surface area contributed by atoms with E-state index in [4.69, 9.17) is 16.3 Å². The van der Waals surface area contributed by atoms with Crippen molar-refractivity contribution in [2.45, 2.75) is 55.8 Å². The van der Waals surface area contributed by atoms with Crippen molar-refractivity contribution in [3.63, 3.8) is 0 Å². The summed E-state index contributed by atoms with van der Waals surface area (Å²) in [7, 11) is 0. The fraction of sp³-hybridized carbons (Fsp3) is 0.441. The minimum absolute atomic E-state index is 0.138. The van der Waals surface area contributed by atoms with Crippen LogP contribution in [0.4, 0.5) is 11.4 Å². The van der Waals surface area contributed by atoms with Crippen LogP contribution in [0.3, 0.4) is 0 Å². The zero-order valence-corrected chi connectivity index (χ0v) is 27.6. The van der Waals surface area contributed by atoms with Crippen molar-refractivity contribution in [3.8, 4) is 0 Å². The number of aryl methyl sites for hydroxylation is 1. The molecule has 0 aromatic heterocycles. The van der Waals surface area contributed by atoms with E-state index < -0.39 is 41.5 Å². The molecular weight excluding hydrogens is 646 g/mol. The molecule has 0 saturated carbocycles. The summed E-state index contributed by atoms with van der Waals surface area (Å²) in [5.74, 6) is -2.99. The van der Waals surface area contributed by atoms with Gasteiger partial charge in [0.25, 0.3) is 5.91 Å². The Hall–Kier alpha value is -2.98. The second-order valence-electron chi connectivity index (χ2n) is 12.1. The van der Waals surface area contributed by atoms with Crippen molar-refractivity contribution in [1.29, 1.82) is 0 Å². The summed E-state index contributed by atoms with van der Waals surface area (Å²) in [6.07, 6.45) is 2.97. The minimum atomic E-state index is -1.30. The highest BCUT2D eigenvalue weighted by Crippen LogP contribution is 2.61. The largest absolute Gasteiger partial charge is 0.394 e. The average molecular weight is 685 g/mol. The van der Waals surface area contributed by atoms with Gasteiger partial charge in [0.1, 0.15) is 11.6 Å². The zero-order valence-electron chi connectivity index (χ0n) is 25.2. The number of aliphatic hydroxyl groups is 1. The van der Waals surface area contributed by atoms with Gasteiger partial charge in [-0.2, -0.15) is 0 Å². The molecule has 3 aliphatic heterocycles. The Balaban J connectivity index is 1.66. The number of hydrogen-bond acceptors (Lipinski definition) is 5. The molecule has 0 aliphatic carbocycles. The summed E-state index contributed by atoms with van der Waals surface area (Å²) in [5, 5.41) is 11.0. The van der Waals surface area contributed by atoms with Crippen LogP contribution < -0.4 is 9.80 Å². The highest BCUT2D eigenvalue weighted by molar-refractivity contribution is 9.09. The first-order valence-corrected chi connectivity index (χ1v) is 16.2. The van der Waals surface area contributed by atoms with E-state index in [2.05, 4.69) is 29.1 Å². The number of aliphatic hydroxyl groups excluding tert-OH is 1. The lowest BCUT2D eigenvalue weighted by molar-refractivity contribution is -0.145. The third-order valence-electron chi connectivity index (χ3n) is 9.24. The maximum absolute atomic E-state index is 14.9. The molecule has 2 aromatic carbocycles. The normalized spacial score (nSPS) is 27.8. The van der Waals surface area contributed by atoms with E-state index in [0.717, 1.165) is 5.56 Å². The van der Waals surface area contributed by atoms with Crippen molar-refractivity contribution < 1.29 is 24.2 Å². The molecule has 1 N–H and O–H groups in total. The molecule has 3 heterocycles. The number of amides is 3. The Morgan fingerprint density at radius 1 is 1.11 bits per heavy atom. The molecule has 1 spiro atoms. The van der Waals surface area contributed by atoms with Crippen LogP contribution in [-0.4, -0.2) is 76.0 Å². The van der Waals surface area contributed by atoms with Crippen LogP contribution in [-0.2, 0) is 19.1 Å².